The van der Waals surface area contributed by atoms with E-state index in [2.05, 4.69) is 11.6 Å². The zero-order valence-corrected chi connectivity index (χ0v) is 14.7. The maximum absolute atomic E-state index is 14.1. The number of amides is 1. The summed E-state index contributed by atoms with van der Waals surface area (Å²) in [7, 11) is 0. The zero-order valence-electron chi connectivity index (χ0n) is 14.7. The highest BCUT2D eigenvalue weighted by Crippen LogP contribution is 2.21. The van der Waals surface area contributed by atoms with Crippen LogP contribution >= 0.6 is 0 Å². The maximum Gasteiger partial charge on any atom is 0.259 e. The van der Waals surface area contributed by atoms with Gasteiger partial charge < -0.3 is 4.74 Å². The highest BCUT2D eigenvalue weighted by molar-refractivity contribution is 6.05. The van der Waals surface area contributed by atoms with Crippen molar-refractivity contribution in [3.05, 3.63) is 103 Å². The monoisotopic (exact) mass is 362 g/mol. The van der Waals surface area contributed by atoms with Crippen molar-refractivity contribution in [1.29, 1.82) is 0 Å². The maximum atomic E-state index is 14.1. The third-order valence-corrected chi connectivity index (χ3v) is 3.93. The Balaban J connectivity index is 1.89. The molecule has 0 N–H and O–H groups in total. The summed E-state index contributed by atoms with van der Waals surface area (Å²) in [4.78, 5) is 18.8. The number of pyridine rings is 1. The quantitative estimate of drug-likeness (QED) is 0.576. The van der Waals surface area contributed by atoms with Crippen LogP contribution < -0.4 is 9.64 Å². The van der Waals surface area contributed by atoms with E-state index in [1.54, 1.807) is 72.9 Å². The Labute approximate surface area is 157 Å². The molecular formula is C22H19FN2O2. The molecule has 0 aliphatic rings. The van der Waals surface area contributed by atoms with E-state index in [0.717, 1.165) is 0 Å². The molecule has 3 rings (SSSR count). The first-order valence-electron chi connectivity index (χ1n) is 8.49. The lowest BCUT2D eigenvalue weighted by atomic mass is 10.1. The molecule has 1 aromatic heterocycles. The van der Waals surface area contributed by atoms with Gasteiger partial charge in [-0.3, -0.25) is 9.69 Å². The zero-order chi connectivity index (χ0) is 19.1. The second-order valence-corrected chi connectivity index (χ2v) is 5.79. The lowest BCUT2D eigenvalue weighted by Crippen LogP contribution is -2.31. The summed E-state index contributed by atoms with van der Waals surface area (Å²) < 4.78 is 19.6. The largest absolute Gasteiger partial charge is 0.490 e. The van der Waals surface area contributed by atoms with Crippen molar-refractivity contribution in [3.8, 4) is 5.75 Å². The summed E-state index contributed by atoms with van der Waals surface area (Å²) in [6.07, 6.45) is 3.25. The van der Waals surface area contributed by atoms with E-state index in [1.807, 2.05) is 0 Å². The van der Waals surface area contributed by atoms with Gasteiger partial charge in [-0.1, -0.05) is 36.9 Å². The van der Waals surface area contributed by atoms with Crippen molar-refractivity contribution >= 4 is 11.7 Å². The van der Waals surface area contributed by atoms with Crippen LogP contribution in [0, 0.1) is 5.82 Å². The fourth-order valence-electron chi connectivity index (χ4n) is 2.57. The number of aromatic nitrogens is 1. The van der Waals surface area contributed by atoms with Gasteiger partial charge in [0.1, 0.15) is 24.0 Å². The van der Waals surface area contributed by atoms with Crippen LogP contribution in [0.15, 0.2) is 85.6 Å². The van der Waals surface area contributed by atoms with Gasteiger partial charge in [-0.2, -0.15) is 0 Å². The van der Waals surface area contributed by atoms with Gasteiger partial charge in [-0.05, 0) is 42.5 Å². The summed E-state index contributed by atoms with van der Waals surface area (Å²) in [5.41, 5.74) is 0.880. The topological polar surface area (TPSA) is 42.4 Å². The number of carbonyl (C=O) groups is 1. The molecule has 0 radical (unpaired) electrons. The normalized spacial score (nSPS) is 10.3. The number of anilines is 1. The van der Waals surface area contributed by atoms with Crippen molar-refractivity contribution in [2.24, 2.45) is 0 Å². The van der Waals surface area contributed by atoms with Gasteiger partial charge in [0.25, 0.3) is 5.91 Å². The molecule has 2 aromatic carbocycles. The summed E-state index contributed by atoms with van der Waals surface area (Å²) in [5, 5.41) is 0. The molecule has 136 valence electrons. The number of halogens is 1. The van der Waals surface area contributed by atoms with Gasteiger partial charge >= 0.3 is 0 Å². The molecule has 3 aromatic rings. The van der Waals surface area contributed by atoms with Crippen LogP contribution in [-0.4, -0.2) is 17.5 Å². The van der Waals surface area contributed by atoms with E-state index >= 15 is 0 Å². The number of benzene rings is 2. The molecule has 4 nitrogen and oxygen atoms in total. The van der Waals surface area contributed by atoms with E-state index in [0.29, 0.717) is 29.3 Å². The standard InChI is InChI=1S/C22H19FN2O2/c1-2-15-27-19-12-10-17(11-13-19)22(26)25(21-9-5-6-14-24-21)16-18-7-3-4-8-20(18)23/h2-14H,1,15-16H2. The van der Waals surface area contributed by atoms with E-state index in [-0.39, 0.29) is 18.3 Å². The predicted molar refractivity (Wildman–Crippen MR) is 103 cm³/mol. The highest BCUT2D eigenvalue weighted by Gasteiger charge is 2.20. The Morgan fingerprint density at radius 1 is 1.07 bits per heavy atom. The van der Waals surface area contributed by atoms with Gasteiger partial charge in [-0.25, -0.2) is 9.37 Å². The molecule has 0 spiro atoms. The van der Waals surface area contributed by atoms with Crippen LogP contribution in [0.2, 0.25) is 0 Å². The van der Waals surface area contributed by atoms with Crippen molar-refractivity contribution in [3.63, 3.8) is 0 Å². The number of ether oxygens (including phenoxy) is 1. The Bertz CT molecular complexity index is 911. The van der Waals surface area contributed by atoms with E-state index in [4.69, 9.17) is 4.74 Å². The smallest absolute Gasteiger partial charge is 0.259 e. The van der Waals surface area contributed by atoms with E-state index in [1.165, 1.54) is 11.0 Å². The predicted octanol–water partition coefficient (Wildman–Crippen LogP) is 4.63. The molecule has 1 amide bonds. The minimum atomic E-state index is -0.362. The van der Waals surface area contributed by atoms with Gasteiger partial charge in [0.15, 0.2) is 0 Å². The Morgan fingerprint density at radius 3 is 2.48 bits per heavy atom. The lowest BCUT2D eigenvalue weighted by molar-refractivity contribution is 0.0984. The molecule has 0 aliphatic carbocycles. The van der Waals surface area contributed by atoms with Crippen molar-refractivity contribution < 1.29 is 13.9 Å². The van der Waals surface area contributed by atoms with Crippen LogP contribution in [0.5, 0.6) is 5.75 Å². The molecule has 0 saturated heterocycles. The summed E-state index contributed by atoms with van der Waals surface area (Å²) >= 11 is 0. The van der Waals surface area contributed by atoms with E-state index < -0.39 is 0 Å². The Kier molecular flexibility index (Phi) is 5.94. The Morgan fingerprint density at radius 2 is 1.81 bits per heavy atom. The average molecular weight is 362 g/mol. The molecule has 27 heavy (non-hydrogen) atoms. The van der Waals surface area contributed by atoms with E-state index in [9.17, 15) is 9.18 Å². The first-order valence-corrected chi connectivity index (χ1v) is 8.49. The van der Waals surface area contributed by atoms with Gasteiger partial charge in [0.05, 0.1) is 6.54 Å². The lowest BCUT2D eigenvalue weighted by Gasteiger charge is -2.22. The second kappa shape index (κ2) is 8.76. The molecule has 0 saturated carbocycles. The average Bonchev–Trinajstić information content (AvgIpc) is 2.72. The van der Waals surface area contributed by atoms with Crippen LogP contribution in [0.4, 0.5) is 10.2 Å². The summed E-state index contributed by atoms with van der Waals surface area (Å²) in [5.74, 6) is 0.467. The highest BCUT2D eigenvalue weighted by atomic mass is 19.1. The molecule has 0 atom stereocenters. The third kappa shape index (κ3) is 4.58. The fraction of sp³-hybridized carbons (Fsp3) is 0.0909. The molecule has 5 heteroatoms. The summed E-state index contributed by atoms with van der Waals surface area (Å²) in [6.45, 7) is 4.07. The molecule has 0 aliphatic heterocycles. The second-order valence-electron chi connectivity index (χ2n) is 5.79. The fourth-order valence-corrected chi connectivity index (χ4v) is 2.57. The molecular weight excluding hydrogens is 343 g/mol. The molecule has 0 unspecified atom stereocenters. The summed E-state index contributed by atoms with van der Waals surface area (Å²) in [6, 6.07) is 18.5. The number of rotatable bonds is 7. The van der Waals surface area contributed by atoms with Crippen molar-refractivity contribution in [2.75, 3.05) is 11.5 Å². The van der Waals surface area contributed by atoms with Gasteiger partial charge in [0.2, 0.25) is 0 Å². The van der Waals surface area contributed by atoms with Crippen LogP contribution in [0.25, 0.3) is 0 Å². The third-order valence-electron chi connectivity index (χ3n) is 3.93. The molecule has 0 fully saturated rings. The van der Waals surface area contributed by atoms with Crippen LogP contribution in [0.1, 0.15) is 15.9 Å². The molecule has 0 bridgehead atoms. The number of nitrogens with zero attached hydrogens (tertiary/aromatic N) is 2. The minimum Gasteiger partial charge on any atom is -0.490 e. The first kappa shape index (κ1) is 18.3. The van der Waals surface area contributed by atoms with Crippen LogP contribution in [-0.2, 0) is 6.54 Å². The van der Waals surface area contributed by atoms with Crippen molar-refractivity contribution in [1.82, 2.24) is 4.98 Å². The SMILES string of the molecule is C=CCOc1ccc(C(=O)N(Cc2ccccc2F)c2ccccn2)cc1. The number of hydrogen-bond donors (Lipinski definition) is 0. The Hall–Kier alpha value is -3.47. The minimum absolute atomic E-state index is 0.0806. The first-order chi connectivity index (χ1) is 13.2. The number of carbonyl (C=O) groups excluding carboxylic acids is 1. The van der Waals surface area contributed by atoms with Crippen LogP contribution in [0.3, 0.4) is 0 Å². The number of hydrogen-bond acceptors (Lipinski definition) is 3. The van der Waals surface area contributed by atoms with Gasteiger partial charge in [0, 0.05) is 17.3 Å². The van der Waals surface area contributed by atoms with Crippen molar-refractivity contribution in [2.45, 2.75) is 6.54 Å². The molecule has 1 heterocycles. The van der Waals surface area contributed by atoms with Gasteiger partial charge in [-0.15, -0.1) is 0 Å².